The first-order chi connectivity index (χ1) is 13.7. The maximum atomic E-state index is 5.85. The molecule has 0 spiro atoms. The molecule has 0 saturated heterocycles. The lowest BCUT2D eigenvalue weighted by molar-refractivity contribution is 0.311. The standard InChI is InChI=1S/C26H47NO/c1-4-5-6-7-8-9-10-11-12-13-14-15-16-17-20-27-21-22-28-26-19-18-24(2)23-25(26)3/h18-19,23,27H,4-17,20-22H2,1-3H3. The van der Waals surface area contributed by atoms with E-state index < -0.39 is 0 Å². The normalized spacial score (nSPS) is 11.1. The molecular formula is C26H47NO. The van der Waals surface area contributed by atoms with Crippen molar-refractivity contribution in [2.24, 2.45) is 0 Å². The third-order valence-corrected chi connectivity index (χ3v) is 5.57. The van der Waals surface area contributed by atoms with Crippen LogP contribution in [0.25, 0.3) is 0 Å². The summed E-state index contributed by atoms with van der Waals surface area (Å²) in [4.78, 5) is 0. The van der Waals surface area contributed by atoms with Gasteiger partial charge in [0.1, 0.15) is 12.4 Å². The highest BCUT2D eigenvalue weighted by Gasteiger charge is 1.99. The van der Waals surface area contributed by atoms with Crippen molar-refractivity contribution in [2.45, 2.75) is 111 Å². The summed E-state index contributed by atoms with van der Waals surface area (Å²) in [5, 5.41) is 3.50. The van der Waals surface area contributed by atoms with Gasteiger partial charge in [0.05, 0.1) is 0 Å². The van der Waals surface area contributed by atoms with Gasteiger partial charge in [-0.25, -0.2) is 0 Å². The van der Waals surface area contributed by atoms with Crippen molar-refractivity contribution < 1.29 is 4.74 Å². The lowest BCUT2D eigenvalue weighted by Gasteiger charge is -2.10. The molecule has 1 rings (SSSR count). The Kier molecular flexibility index (Phi) is 16.1. The molecule has 162 valence electrons. The molecule has 0 aliphatic rings. The molecule has 0 atom stereocenters. The van der Waals surface area contributed by atoms with Gasteiger partial charge in [-0.1, -0.05) is 108 Å². The number of benzene rings is 1. The number of aryl methyl sites for hydroxylation is 2. The van der Waals surface area contributed by atoms with Gasteiger partial charge in [-0.2, -0.15) is 0 Å². The second kappa shape index (κ2) is 18.0. The van der Waals surface area contributed by atoms with Gasteiger partial charge in [0, 0.05) is 6.54 Å². The Morgan fingerprint density at radius 3 is 1.75 bits per heavy atom. The molecule has 1 N–H and O–H groups in total. The number of hydrogen-bond donors (Lipinski definition) is 1. The molecule has 0 fully saturated rings. The maximum Gasteiger partial charge on any atom is 0.122 e. The first-order valence-electron chi connectivity index (χ1n) is 12.1. The third kappa shape index (κ3) is 14.0. The van der Waals surface area contributed by atoms with Crippen LogP contribution in [0.3, 0.4) is 0 Å². The van der Waals surface area contributed by atoms with Crippen LogP contribution in [-0.2, 0) is 0 Å². The summed E-state index contributed by atoms with van der Waals surface area (Å²) < 4.78 is 5.85. The third-order valence-electron chi connectivity index (χ3n) is 5.57. The lowest BCUT2D eigenvalue weighted by Crippen LogP contribution is -2.22. The molecule has 2 nitrogen and oxygen atoms in total. The van der Waals surface area contributed by atoms with Gasteiger partial charge < -0.3 is 10.1 Å². The Labute approximate surface area is 175 Å². The minimum Gasteiger partial charge on any atom is -0.492 e. The summed E-state index contributed by atoms with van der Waals surface area (Å²) in [6.07, 6.45) is 19.9. The van der Waals surface area contributed by atoms with E-state index in [0.717, 1.165) is 25.4 Å². The van der Waals surface area contributed by atoms with Crippen molar-refractivity contribution in [1.29, 1.82) is 0 Å². The predicted octanol–water partition coefficient (Wildman–Crippen LogP) is 7.75. The van der Waals surface area contributed by atoms with Crippen LogP contribution in [0.2, 0.25) is 0 Å². The highest BCUT2D eigenvalue weighted by atomic mass is 16.5. The first-order valence-corrected chi connectivity index (χ1v) is 12.1. The lowest BCUT2D eigenvalue weighted by atomic mass is 10.0. The average Bonchev–Trinajstić information content (AvgIpc) is 2.68. The Morgan fingerprint density at radius 2 is 1.21 bits per heavy atom. The van der Waals surface area contributed by atoms with Crippen molar-refractivity contribution in [2.75, 3.05) is 19.7 Å². The van der Waals surface area contributed by atoms with Gasteiger partial charge in [-0.15, -0.1) is 0 Å². The Morgan fingerprint density at radius 1 is 0.679 bits per heavy atom. The van der Waals surface area contributed by atoms with E-state index in [9.17, 15) is 0 Å². The molecule has 0 aliphatic heterocycles. The number of ether oxygens (including phenoxy) is 1. The zero-order chi connectivity index (χ0) is 20.3. The van der Waals surface area contributed by atoms with E-state index in [0.29, 0.717) is 0 Å². The van der Waals surface area contributed by atoms with Crippen molar-refractivity contribution >= 4 is 0 Å². The summed E-state index contributed by atoms with van der Waals surface area (Å²) in [6.45, 7) is 9.34. The molecule has 1 aromatic rings. The summed E-state index contributed by atoms with van der Waals surface area (Å²) in [7, 11) is 0. The van der Waals surface area contributed by atoms with Crippen molar-refractivity contribution in [1.82, 2.24) is 5.32 Å². The fourth-order valence-corrected chi connectivity index (χ4v) is 3.76. The predicted molar refractivity (Wildman–Crippen MR) is 125 cm³/mol. The van der Waals surface area contributed by atoms with Crippen LogP contribution in [0.5, 0.6) is 5.75 Å². The fourth-order valence-electron chi connectivity index (χ4n) is 3.76. The van der Waals surface area contributed by atoms with Crippen molar-refractivity contribution in [3.05, 3.63) is 29.3 Å². The molecule has 0 heterocycles. The van der Waals surface area contributed by atoms with Crippen LogP contribution in [-0.4, -0.2) is 19.7 Å². The molecule has 28 heavy (non-hydrogen) atoms. The second-order valence-electron chi connectivity index (χ2n) is 8.46. The van der Waals surface area contributed by atoms with E-state index in [1.807, 2.05) is 0 Å². The van der Waals surface area contributed by atoms with E-state index >= 15 is 0 Å². The topological polar surface area (TPSA) is 21.3 Å². The largest absolute Gasteiger partial charge is 0.492 e. The van der Waals surface area contributed by atoms with Gasteiger partial charge in [0.2, 0.25) is 0 Å². The zero-order valence-electron chi connectivity index (χ0n) is 19.2. The Balaban J connectivity index is 1.76. The fraction of sp³-hybridized carbons (Fsp3) is 0.769. The molecule has 1 aromatic carbocycles. The smallest absolute Gasteiger partial charge is 0.122 e. The van der Waals surface area contributed by atoms with E-state index in [4.69, 9.17) is 4.74 Å². The van der Waals surface area contributed by atoms with Crippen LogP contribution in [0.1, 0.15) is 108 Å². The Bertz CT molecular complexity index is 472. The summed E-state index contributed by atoms with van der Waals surface area (Å²) >= 11 is 0. The van der Waals surface area contributed by atoms with Crippen LogP contribution in [0.4, 0.5) is 0 Å². The highest BCUT2D eigenvalue weighted by Crippen LogP contribution is 2.18. The van der Waals surface area contributed by atoms with Gasteiger partial charge in [0.25, 0.3) is 0 Å². The van der Waals surface area contributed by atoms with Crippen molar-refractivity contribution in [3.8, 4) is 5.75 Å². The molecule has 0 aromatic heterocycles. The van der Waals surface area contributed by atoms with Gasteiger partial charge in [-0.05, 0) is 38.4 Å². The number of rotatable bonds is 19. The molecule has 2 heteroatoms. The number of hydrogen-bond acceptors (Lipinski definition) is 2. The molecule has 0 amide bonds. The number of unbranched alkanes of at least 4 members (excludes halogenated alkanes) is 13. The molecular weight excluding hydrogens is 342 g/mol. The monoisotopic (exact) mass is 389 g/mol. The van der Waals surface area contributed by atoms with E-state index in [-0.39, 0.29) is 0 Å². The number of nitrogens with one attached hydrogen (secondary N) is 1. The highest BCUT2D eigenvalue weighted by molar-refractivity contribution is 5.35. The summed E-state index contributed by atoms with van der Waals surface area (Å²) in [5.74, 6) is 1.02. The van der Waals surface area contributed by atoms with Gasteiger partial charge in [-0.3, -0.25) is 0 Å². The quantitative estimate of drug-likeness (QED) is 0.244. The minimum absolute atomic E-state index is 0.752. The van der Waals surface area contributed by atoms with Crippen LogP contribution < -0.4 is 10.1 Å². The van der Waals surface area contributed by atoms with Gasteiger partial charge in [0.15, 0.2) is 0 Å². The van der Waals surface area contributed by atoms with Crippen LogP contribution >= 0.6 is 0 Å². The van der Waals surface area contributed by atoms with E-state index in [1.165, 1.54) is 101 Å². The molecule has 0 unspecified atom stereocenters. The maximum absolute atomic E-state index is 5.85. The van der Waals surface area contributed by atoms with Crippen molar-refractivity contribution in [3.63, 3.8) is 0 Å². The van der Waals surface area contributed by atoms with E-state index in [2.05, 4.69) is 44.3 Å². The summed E-state index contributed by atoms with van der Waals surface area (Å²) in [6, 6.07) is 6.38. The summed E-state index contributed by atoms with van der Waals surface area (Å²) in [5.41, 5.74) is 2.52. The van der Waals surface area contributed by atoms with Crippen LogP contribution in [0, 0.1) is 13.8 Å². The molecule has 0 bridgehead atoms. The van der Waals surface area contributed by atoms with E-state index in [1.54, 1.807) is 0 Å². The minimum atomic E-state index is 0.752. The first kappa shape index (κ1) is 25.0. The SMILES string of the molecule is CCCCCCCCCCCCCCCCNCCOc1ccc(C)cc1C. The second-order valence-corrected chi connectivity index (χ2v) is 8.46. The Hall–Kier alpha value is -1.02. The molecule has 0 saturated carbocycles. The van der Waals surface area contributed by atoms with Gasteiger partial charge >= 0.3 is 0 Å². The molecule has 0 radical (unpaired) electrons. The molecule has 0 aliphatic carbocycles. The zero-order valence-corrected chi connectivity index (χ0v) is 19.2. The van der Waals surface area contributed by atoms with Crippen LogP contribution in [0.15, 0.2) is 18.2 Å². The average molecular weight is 390 g/mol.